The van der Waals surface area contributed by atoms with Crippen LogP contribution in [0.25, 0.3) is 0 Å². The van der Waals surface area contributed by atoms with Crippen LogP contribution in [0.1, 0.15) is 19.5 Å². The predicted octanol–water partition coefficient (Wildman–Crippen LogP) is 1.59. The fourth-order valence-electron chi connectivity index (χ4n) is 2.22. The van der Waals surface area contributed by atoms with Crippen LogP contribution in [0.3, 0.4) is 0 Å². The van der Waals surface area contributed by atoms with E-state index in [9.17, 15) is 13.2 Å². The molecule has 1 amide bonds. The number of nitrogens with zero attached hydrogens (tertiary/aromatic N) is 3. The molecular weight excluding hydrogens is 334 g/mol. The van der Waals surface area contributed by atoms with Crippen LogP contribution in [0.2, 0.25) is 4.47 Å². The van der Waals surface area contributed by atoms with E-state index in [0.29, 0.717) is 31.9 Å². The maximum absolute atomic E-state index is 12.6. The van der Waals surface area contributed by atoms with Crippen molar-refractivity contribution < 1.29 is 13.2 Å². The summed E-state index contributed by atoms with van der Waals surface area (Å²) in [5, 5.41) is 0. The van der Waals surface area contributed by atoms with E-state index in [0.717, 1.165) is 11.3 Å². The predicted molar refractivity (Wildman–Crippen MR) is 82.0 cm³/mol. The number of piperazine rings is 1. The van der Waals surface area contributed by atoms with Crippen molar-refractivity contribution in [1.29, 1.82) is 0 Å². The summed E-state index contributed by atoms with van der Waals surface area (Å²) < 4.78 is 26.9. The molecule has 2 rings (SSSR count). The SMILES string of the molecule is Cc1nc(Cl)sc1S(=O)(=O)N1CCN(C(=O)C(C)C)CC1. The van der Waals surface area contributed by atoms with Crippen LogP contribution in [0, 0.1) is 12.8 Å². The third kappa shape index (κ3) is 3.39. The van der Waals surface area contributed by atoms with Crippen LogP contribution in [0.4, 0.5) is 0 Å². The minimum absolute atomic E-state index is 0.0593. The highest BCUT2D eigenvalue weighted by atomic mass is 35.5. The molecule has 118 valence electrons. The van der Waals surface area contributed by atoms with Crippen LogP contribution in [0.5, 0.6) is 0 Å². The third-order valence-corrected chi connectivity index (χ3v) is 7.09. The largest absolute Gasteiger partial charge is 0.340 e. The molecule has 6 nitrogen and oxygen atoms in total. The van der Waals surface area contributed by atoms with Gasteiger partial charge in [-0.1, -0.05) is 36.8 Å². The Morgan fingerprint density at radius 2 is 1.86 bits per heavy atom. The molecule has 0 radical (unpaired) electrons. The highest BCUT2D eigenvalue weighted by molar-refractivity contribution is 7.91. The number of hydrogen-bond acceptors (Lipinski definition) is 5. The molecule has 2 heterocycles. The van der Waals surface area contributed by atoms with Gasteiger partial charge in [0, 0.05) is 32.1 Å². The first-order valence-electron chi connectivity index (χ1n) is 6.65. The fraction of sp³-hybridized carbons (Fsp3) is 0.667. The number of halogens is 1. The first kappa shape index (κ1) is 16.7. The molecule has 9 heteroatoms. The van der Waals surface area contributed by atoms with Gasteiger partial charge in [-0.3, -0.25) is 4.79 Å². The fourth-order valence-corrected chi connectivity index (χ4v) is 5.52. The molecule has 0 aromatic carbocycles. The second-order valence-corrected chi connectivity index (χ2v) is 8.94. The van der Waals surface area contributed by atoms with E-state index in [1.54, 1.807) is 11.8 Å². The normalized spacial score (nSPS) is 17.5. The molecule has 0 spiro atoms. The molecule has 1 aromatic rings. The van der Waals surface area contributed by atoms with Crippen molar-refractivity contribution >= 4 is 38.9 Å². The van der Waals surface area contributed by atoms with Crippen molar-refractivity contribution in [2.24, 2.45) is 5.92 Å². The number of aromatic nitrogens is 1. The van der Waals surface area contributed by atoms with E-state index < -0.39 is 10.0 Å². The number of hydrogen-bond donors (Lipinski definition) is 0. The quantitative estimate of drug-likeness (QED) is 0.829. The number of carbonyl (C=O) groups is 1. The Bertz CT molecular complexity index is 634. The Balaban J connectivity index is 2.11. The molecular formula is C12H18ClN3O3S2. The van der Waals surface area contributed by atoms with Gasteiger partial charge >= 0.3 is 0 Å². The van der Waals surface area contributed by atoms with Gasteiger partial charge in [0.25, 0.3) is 10.0 Å². The zero-order valence-corrected chi connectivity index (χ0v) is 14.6. The summed E-state index contributed by atoms with van der Waals surface area (Å²) in [4.78, 5) is 17.6. The van der Waals surface area contributed by atoms with Crippen molar-refractivity contribution in [2.75, 3.05) is 26.2 Å². The lowest BCUT2D eigenvalue weighted by molar-refractivity contribution is -0.135. The van der Waals surface area contributed by atoms with Crippen LogP contribution in [-0.4, -0.2) is 54.7 Å². The Morgan fingerprint density at radius 3 is 2.29 bits per heavy atom. The highest BCUT2D eigenvalue weighted by Crippen LogP contribution is 2.29. The zero-order valence-electron chi connectivity index (χ0n) is 12.2. The third-order valence-electron chi connectivity index (χ3n) is 3.35. The molecule has 1 fully saturated rings. The summed E-state index contributed by atoms with van der Waals surface area (Å²) >= 11 is 6.75. The van der Waals surface area contributed by atoms with E-state index in [1.807, 2.05) is 13.8 Å². The van der Waals surface area contributed by atoms with Gasteiger partial charge in [-0.05, 0) is 6.92 Å². The second kappa shape index (κ2) is 6.20. The summed E-state index contributed by atoms with van der Waals surface area (Å²) in [6.45, 7) is 6.76. The number of thiazole rings is 1. The summed E-state index contributed by atoms with van der Waals surface area (Å²) in [5.74, 6) is -0.0141. The molecule has 21 heavy (non-hydrogen) atoms. The van der Waals surface area contributed by atoms with Crippen LogP contribution in [0.15, 0.2) is 4.21 Å². The van der Waals surface area contributed by atoms with Crippen molar-refractivity contribution in [3.05, 3.63) is 10.2 Å². The van der Waals surface area contributed by atoms with E-state index in [4.69, 9.17) is 11.6 Å². The van der Waals surface area contributed by atoms with Gasteiger partial charge < -0.3 is 4.90 Å². The van der Waals surface area contributed by atoms with Crippen molar-refractivity contribution in [3.63, 3.8) is 0 Å². The summed E-state index contributed by atoms with van der Waals surface area (Å²) in [7, 11) is -3.57. The summed E-state index contributed by atoms with van der Waals surface area (Å²) in [6, 6.07) is 0. The smallest absolute Gasteiger partial charge is 0.254 e. The maximum Gasteiger partial charge on any atom is 0.254 e. The van der Waals surface area contributed by atoms with Gasteiger partial charge in [-0.15, -0.1) is 0 Å². The Hall–Kier alpha value is -0.700. The average Bonchev–Trinajstić information content (AvgIpc) is 2.77. The molecule has 0 N–H and O–H groups in total. The molecule has 1 aliphatic rings. The first-order valence-corrected chi connectivity index (χ1v) is 9.29. The van der Waals surface area contributed by atoms with Gasteiger partial charge in [0.1, 0.15) is 0 Å². The van der Waals surface area contributed by atoms with Gasteiger partial charge in [-0.25, -0.2) is 13.4 Å². The molecule has 1 aromatic heterocycles. The van der Waals surface area contributed by atoms with Crippen molar-refractivity contribution in [1.82, 2.24) is 14.2 Å². The van der Waals surface area contributed by atoms with Gasteiger partial charge in [-0.2, -0.15) is 4.31 Å². The highest BCUT2D eigenvalue weighted by Gasteiger charge is 2.33. The lowest BCUT2D eigenvalue weighted by atomic mass is 10.2. The van der Waals surface area contributed by atoms with Crippen LogP contribution < -0.4 is 0 Å². The Kier molecular flexibility index (Phi) is 4.92. The molecule has 1 saturated heterocycles. The van der Waals surface area contributed by atoms with Crippen LogP contribution in [-0.2, 0) is 14.8 Å². The van der Waals surface area contributed by atoms with Gasteiger partial charge in [0.05, 0.1) is 5.69 Å². The molecule has 0 atom stereocenters. The van der Waals surface area contributed by atoms with Gasteiger partial charge in [0.15, 0.2) is 8.68 Å². The summed E-state index contributed by atoms with van der Waals surface area (Å²) in [6.07, 6.45) is 0. The Labute approximate surface area is 133 Å². The van der Waals surface area contributed by atoms with Crippen LogP contribution >= 0.6 is 22.9 Å². The number of amides is 1. The standard InChI is InChI=1S/C12H18ClN3O3S2/c1-8(2)10(17)15-4-6-16(7-5-15)21(18,19)11-9(3)14-12(13)20-11/h8H,4-7H2,1-3H3. The number of aryl methyl sites for hydroxylation is 1. The van der Waals surface area contributed by atoms with Gasteiger partial charge in [0.2, 0.25) is 5.91 Å². The average molecular weight is 352 g/mol. The lowest BCUT2D eigenvalue weighted by Gasteiger charge is -2.34. The lowest BCUT2D eigenvalue weighted by Crippen LogP contribution is -2.51. The van der Waals surface area contributed by atoms with E-state index in [2.05, 4.69) is 4.98 Å². The van der Waals surface area contributed by atoms with Crippen molar-refractivity contribution in [3.8, 4) is 0 Å². The minimum atomic E-state index is -3.57. The number of sulfonamides is 1. The second-order valence-electron chi connectivity index (χ2n) is 5.22. The molecule has 0 saturated carbocycles. The first-order chi connectivity index (χ1) is 9.73. The number of rotatable bonds is 3. The van der Waals surface area contributed by atoms with E-state index >= 15 is 0 Å². The van der Waals surface area contributed by atoms with E-state index in [1.165, 1.54) is 4.31 Å². The summed E-state index contributed by atoms with van der Waals surface area (Å²) in [5.41, 5.74) is 0.422. The zero-order chi connectivity index (χ0) is 15.8. The molecule has 0 unspecified atom stereocenters. The number of carbonyl (C=O) groups excluding carboxylic acids is 1. The van der Waals surface area contributed by atoms with E-state index in [-0.39, 0.29) is 20.5 Å². The topological polar surface area (TPSA) is 70.6 Å². The molecule has 0 aliphatic carbocycles. The molecule has 0 bridgehead atoms. The minimum Gasteiger partial charge on any atom is -0.340 e. The van der Waals surface area contributed by atoms with Crippen molar-refractivity contribution in [2.45, 2.75) is 25.0 Å². The maximum atomic E-state index is 12.6. The monoisotopic (exact) mass is 351 g/mol. The Morgan fingerprint density at radius 1 is 1.29 bits per heavy atom. The molecule has 1 aliphatic heterocycles.